The fraction of sp³-hybridized carbons (Fsp3) is 0.222. The van der Waals surface area contributed by atoms with E-state index in [2.05, 4.69) is 14.5 Å². The predicted molar refractivity (Wildman–Crippen MR) is 87.6 cm³/mol. The number of aryl methyl sites for hydroxylation is 1. The minimum Gasteiger partial charge on any atom is -0.465 e. The molecule has 0 radical (unpaired) electrons. The third kappa shape index (κ3) is 2.63. The number of imidazole rings is 1. The molecule has 2 heterocycles. The standard InChI is InChI=1S/C18H14F2N2O4/c1-10-21-13-8-11(17(23)24-2)6-7-14(13)22(10)9-12-4-3-5-15-16(12)26-18(19,20)25-15/h3-8H,9H2,1-2H3. The van der Waals surface area contributed by atoms with Gasteiger partial charge in [-0.1, -0.05) is 12.1 Å². The second-order valence-electron chi connectivity index (χ2n) is 5.85. The van der Waals surface area contributed by atoms with Crippen LogP contribution >= 0.6 is 0 Å². The highest BCUT2D eigenvalue weighted by atomic mass is 19.3. The van der Waals surface area contributed by atoms with Crippen LogP contribution in [0.2, 0.25) is 0 Å². The number of ether oxygens (including phenoxy) is 3. The Kier molecular flexibility index (Phi) is 3.57. The van der Waals surface area contributed by atoms with Crippen molar-refractivity contribution in [3.8, 4) is 11.5 Å². The first kappa shape index (κ1) is 16.3. The number of para-hydroxylation sites is 1. The van der Waals surface area contributed by atoms with Crippen LogP contribution in [0.4, 0.5) is 8.78 Å². The lowest BCUT2D eigenvalue weighted by molar-refractivity contribution is -0.286. The van der Waals surface area contributed by atoms with Crippen LogP contribution in [0, 0.1) is 6.92 Å². The number of carbonyl (C=O) groups is 1. The Morgan fingerprint density at radius 3 is 2.85 bits per heavy atom. The van der Waals surface area contributed by atoms with Crippen molar-refractivity contribution in [2.75, 3.05) is 7.11 Å². The minimum absolute atomic E-state index is 0.00236. The van der Waals surface area contributed by atoms with Crippen LogP contribution in [0.15, 0.2) is 36.4 Å². The molecule has 0 fully saturated rings. The van der Waals surface area contributed by atoms with Crippen molar-refractivity contribution in [3.05, 3.63) is 53.3 Å². The Morgan fingerprint density at radius 2 is 2.08 bits per heavy atom. The van der Waals surface area contributed by atoms with Gasteiger partial charge in [-0.25, -0.2) is 9.78 Å². The van der Waals surface area contributed by atoms with E-state index in [1.165, 1.54) is 13.2 Å². The molecule has 4 rings (SSSR count). The van der Waals surface area contributed by atoms with Crippen molar-refractivity contribution in [2.45, 2.75) is 19.8 Å². The number of esters is 1. The first-order valence-corrected chi connectivity index (χ1v) is 7.81. The molecule has 6 nitrogen and oxygen atoms in total. The molecule has 1 aliphatic rings. The van der Waals surface area contributed by atoms with Crippen molar-refractivity contribution in [1.82, 2.24) is 9.55 Å². The van der Waals surface area contributed by atoms with Crippen molar-refractivity contribution >= 4 is 17.0 Å². The number of carbonyl (C=O) groups excluding carboxylic acids is 1. The number of nitrogens with zero attached hydrogens (tertiary/aromatic N) is 2. The normalized spacial score (nSPS) is 14.6. The van der Waals surface area contributed by atoms with Gasteiger partial charge < -0.3 is 18.8 Å². The number of benzene rings is 2. The van der Waals surface area contributed by atoms with E-state index in [0.717, 1.165) is 5.52 Å². The number of alkyl halides is 2. The Hall–Kier alpha value is -3.16. The maximum absolute atomic E-state index is 13.4. The van der Waals surface area contributed by atoms with Crippen LogP contribution in [0.5, 0.6) is 11.5 Å². The Balaban J connectivity index is 1.74. The summed E-state index contributed by atoms with van der Waals surface area (Å²) in [6, 6.07) is 9.77. The third-order valence-corrected chi connectivity index (χ3v) is 4.20. The van der Waals surface area contributed by atoms with Crippen LogP contribution in [-0.2, 0) is 11.3 Å². The summed E-state index contributed by atoms with van der Waals surface area (Å²) in [5, 5.41) is 0. The molecular formula is C18H14F2N2O4. The van der Waals surface area contributed by atoms with E-state index in [9.17, 15) is 13.6 Å². The van der Waals surface area contributed by atoms with Crippen molar-refractivity contribution in [2.24, 2.45) is 0 Å². The largest absolute Gasteiger partial charge is 0.586 e. The number of methoxy groups -OCH3 is 1. The maximum Gasteiger partial charge on any atom is 0.586 e. The molecule has 1 aliphatic heterocycles. The Morgan fingerprint density at radius 1 is 1.27 bits per heavy atom. The summed E-state index contributed by atoms with van der Waals surface area (Å²) in [6.45, 7) is 2.06. The monoisotopic (exact) mass is 360 g/mol. The van der Waals surface area contributed by atoms with E-state index in [0.29, 0.717) is 22.5 Å². The average molecular weight is 360 g/mol. The number of hydrogen-bond acceptors (Lipinski definition) is 5. The molecule has 134 valence electrons. The molecule has 0 saturated heterocycles. The molecule has 2 aromatic carbocycles. The van der Waals surface area contributed by atoms with E-state index < -0.39 is 12.3 Å². The number of rotatable bonds is 3. The number of hydrogen-bond donors (Lipinski definition) is 0. The van der Waals surface area contributed by atoms with Gasteiger partial charge in [-0.3, -0.25) is 0 Å². The van der Waals surface area contributed by atoms with Gasteiger partial charge in [0.05, 0.1) is 30.3 Å². The summed E-state index contributed by atoms with van der Waals surface area (Å²) in [7, 11) is 1.31. The molecule has 3 aromatic rings. The van der Waals surface area contributed by atoms with Gasteiger partial charge in [0, 0.05) is 5.56 Å². The van der Waals surface area contributed by atoms with Gasteiger partial charge in [-0.2, -0.15) is 0 Å². The highest BCUT2D eigenvalue weighted by Crippen LogP contribution is 2.43. The van der Waals surface area contributed by atoms with Crippen LogP contribution in [0.25, 0.3) is 11.0 Å². The second kappa shape index (κ2) is 5.69. The topological polar surface area (TPSA) is 62.6 Å². The van der Waals surface area contributed by atoms with E-state index >= 15 is 0 Å². The molecule has 8 heteroatoms. The van der Waals surface area contributed by atoms with Crippen molar-refractivity contribution in [3.63, 3.8) is 0 Å². The Labute approximate surface area is 146 Å². The minimum atomic E-state index is -3.67. The zero-order chi connectivity index (χ0) is 18.5. The van der Waals surface area contributed by atoms with Crippen LogP contribution in [0.3, 0.4) is 0 Å². The average Bonchev–Trinajstić information content (AvgIpc) is 3.09. The van der Waals surface area contributed by atoms with Crippen LogP contribution in [-0.4, -0.2) is 28.9 Å². The SMILES string of the molecule is COC(=O)c1ccc2c(c1)nc(C)n2Cc1cccc2c1OC(F)(F)O2. The lowest BCUT2D eigenvalue weighted by atomic mass is 10.1. The van der Waals surface area contributed by atoms with Gasteiger partial charge in [0.2, 0.25) is 0 Å². The Bertz CT molecular complexity index is 1030. The third-order valence-electron chi connectivity index (χ3n) is 4.20. The zero-order valence-corrected chi connectivity index (χ0v) is 14.0. The summed E-state index contributed by atoms with van der Waals surface area (Å²) in [5.41, 5.74) is 2.31. The molecular weight excluding hydrogens is 346 g/mol. The van der Waals surface area contributed by atoms with E-state index in [4.69, 9.17) is 4.74 Å². The van der Waals surface area contributed by atoms with Crippen LogP contribution in [0.1, 0.15) is 21.7 Å². The van der Waals surface area contributed by atoms with E-state index in [1.807, 2.05) is 4.57 Å². The lowest BCUT2D eigenvalue weighted by Crippen LogP contribution is -2.26. The first-order valence-electron chi connectivity index (χ1n) is 7.81. The van der Waals surface area contributed by atoms with E-state index in [1.54, 1.807) is 37.3 Å². The van der Waals surface area contributed by atoms with Gasteiger partial charge in [0.15, 0.2) is 11.5 Å². The van der Waals surface area contributed by atoms with Gasteiger partial charge >= 0.3 is 12.3 Å². The molecule has 0 unspecified atom stereocenters. The highest BCUT2D eigenvalue weighted by Gasteiger charge is 2.44. The highest BCUT2D eigenvalue weighted by molar-refractivity contribution is 5.93. The summed E-state index contributed by atoms with van der Waals surface area (Å²) in [4.78, 5) is 16.1. The van der Waals surface area contributed by atoms with Gasteiger partial charge in [-0.05, 0) is 31.2 Å². The first-order chi connectivity index (χ1) is 12.4. The molecule has 0 amide bonds. The van der Waals surface area contributed by atoms with E-state index in [-0.39, 0.29) is 18.0 Å². The molecule has 0 saturated carbocycles. The molecule has 0 atom stereocenters. The molecule has 0 bridgehead atoms. The molecule has 26 heavy (non-hydrogen) atoms. The summed E-state index contributed by atoms with van der Waals surface area (Å²) >= 11 is 0. The summed E-state index contributed by atoms with van der Waals surface area (Å²) in [6.07, 6.45) is -3.67. The molecule has 0 aliphatic carbocycles. The number of halogens is 2. The second-order valence-corrected chi connectivity index (χ2v) is 5.85. The zero-order valence-electron chi connectivity index (χ0n) is 14.0. The molecule has 0 spiro atoms. The summed E-state index contributed by atoms with van der Waals surface area (Å²) < 4.78 is 42.4. The van der Waals surface area contributed by atoms with Crippen molar-refractivity contribution in [1.29, 1.82) is 0 Å². The quantitative estimate of drug-likeness (QED) is 0.669. The number of aromatic nitrogens is 2. The maximum atomic E-state index is 13.4. The fourth-order valence-corrected chi connectivity index (χ4v) is 3.01. The van der Waals surface area contributed by atoms with Crippen molar-refractivity contribution < 1.29 is 27.8 Å². The molecule has 1 aromatic heterocycles. The summed E-state index contributed by atoms with van der Waals surface area (Å²) in [5.74, 6) is 0.241. The predicted octanol–water partition coefficient (Wildman–Crippen LogP) is 3.50. The smallest absolute Gasteiger partial charge is 0.465 e. The lowest BCUT2D eigenvalue weighted by Gasteiger charge is -2.10. The van der Waals surface area contributed by atoms with Gasteiger partial charge in [0.1, 0.15) is 5.82 Å². The van der Waals surface area contributed by atoms with Crippen LogP contribution < -0.4 is 9.47 Å². The fourth-order valence-electron chi connectivity index (χ4n) is 3.01. The van der Waals surface area contributed by atoms with Gasteiger partial charge in [-0.15, -0.1) is 8.78 Å². The van der Waals surface area contributed by atoms with Gasteiger partial charge in [0.25, 0.3) is 0 Å². The number of fused-ring (bicyclic) bond motifs is 2. The molecule has 0 N–H and O–H groups in total.